The van der Waals surface area contributed by atoms with Gasteiger partial charge in [-0.2, -0.15) is 5.10 Å². The van der Waals surface area contributed by atoms with Gasteiger partial charge in [-0.15, -0.1) is 0 Å². The summed E-state index contributed by atoms with van der Waals surface area (Å²) in [6.45, 7) is 0. The standard InChI is InChI=1S/C15H12N2O/c18-15-9-5-4-8-14(15)17-11-13(10-16-17)12-6-2-1-3-7-12/h1-11,18H. The van der Waals surface area contributed by atoms with Crippen molar-refractivity contribution in [2.24, 2.45) is 0 Å². The van der Waals surface area contributed by atoms with Gasteiger partial charge in [-0.1, -0.05) is 42.5 Å². The second kappa shape index (κ2) is 4.37. The molecule has 1 aromatic heterocycles. The smallest absolute Gasteiger partial charge is 0.141 e. The molecule has 0 saturated heterocycles. The lowest BCUT2D eigenvalue weighted by molar-refractivity contribution is 0.470. The second-order valence-electron chi connectivity index (χ2n) is 4.03. The lowest BCUT2D eigenvalue weighted by Gasteiger charge is -2.02. The van der Waals surface area contributed by atoms with Crippen LogP contribution in [0.4, 0.5) is 0 Å². The Hall–Kier alpha value is -2.55. The average molecular weight is 236 g/mol. The summed E-state index contributed by atoms with van der Waals surface area (Å²) in [6.07, 6.45) is 3.70. The largest absolute Gasteiger partial charge is 0.506 e. The molecule has 1 heterocycles. The number of hydrogen-bond donors (Lipinski definition) is 1. The fraction of sp³-hybridized carbons (Fsp3) is 0. The van der Waals surface area contributed by atoms with E-state index in [1.807, 2.05) is 48.7 Å². The van der Waals surface area contributed by atoms with E-state index in [2.05, 4.69) is 5.10 Å². The van der Waals surface area contributed by atoms with E-state index < -0.39 is 0 Å². The van der Waals surface area contributed by atoms with Gasteiger partial charge < -0.3 is 5.11 Å². The first-order valence-electron chi connectivity index (χ1n) is 5.73. The van der Waals surface area contributed by atoms with Crippen LogP contribution in [-0.4, -0.2) is 14.9 Å². The highest BCUT2D eigenvalue weighted by molar-refractivity contribution is 5.62. The molecule has 0 unspecified atom stereocenters. The second-order valence-corrected chi connectivity index (χ2v) is 4.03. The molecule has 0 bridgehead atoms. The number of phenolic OH excluding ortho intramolecular Hbond substituents is 1. The first kappa shape index (κ1) is 10.6. The van der Waals surface area contributed by atoms with E-state index in [0.29, 0.717) is 5.69 Å². The van der Waals surface area contributed by atoms with Gasteiger partial charge in [0.25, 0.3) is 0 Å². The number of para-hydroxylation sites is 2. The normalized spacial score (nSPS) is 10.4. The predicted octanol–water partition coefficient (Wildman–Crippen LogP) is 3.24. The maximum absolute atomic E-state index is 9.78. The van der Waals surface area contributed by atoms with Gasteiger partial charge in [0.2, 0.25) is 0 Å². The molecule has 0 aliphatic carbocycles. The predicted molar refractivity (Wildman–Crippen MR) is 70.7 cm³/mol. The van der Waals surface area contributed by atoms with Crippen LogP contribution in [-0.2, 0) is 0 Å². The number of nitrogens with zero attached hydrogens (tertiary/aromatic N) is 2. The van der Waals surface area contributed by atoms with E-state index in [1.165, 1.54) is 0 Å². The highest BCUT2D eigenvalue weighted by Crippen LogP contribution is 2.23. The van der Waals surface area contributed by atoms with E-state index in [1.54, 1.807) is 23.0 Å². The molecule has 0 atom stereocenters. The third kappa shape index (κ3) is 1.86. The summed E-state index contributed by atoms with van der Waals surface area (Å²) < 4.78 is 1.68. The molecule has 88 valence electrons. The molecular formula is C15H12N2O. The SMILES string of the molecule is Oc1ccccc1-n1cc(-c2ccccc2)cn1. The molecule has 2 aromatic carbocycles. The lowest BCUT2D eigenvalue weighted by atomic mass is 10.1. The molecule has 0 spiro atoms. The number of benzene rings is 2. The molecule has 3 heteroatoms. The zero-order valence-electron chi connectivity index (χ0n) is 9.69. The van der Waals surface area contributed by atoms with Crippen molar-refractivity contribution in [2.75, 3.05) is 0 Å². The average Bonchev–Trinajstić information content (AvgIpc) is 2.90. The van der Waals surface area contributed by atoms with E-state index in [0.717, 1.165) is 11.1 Å². The van der Waals surface area contributed by atoms with Gasteiger partial charge in [-0.25, -0.2) is 4.68 Å². The molecule has 0 aliphatic rings. The van der Waals surface area contributed by atoms with Crippen LogP contribution in [0.2, 0.25) is 0 Å². The summed E-state index contributed by atoms with van der Waals surface area (Å²) in [6, 6.07) is 17.2. The van der Waals surface area contributed by atoms with E-state index in [9.17, 15) is 5.11 Å². The van der Waals surface area contributed by atoms with Crippen LogP contribution in [0.5, 0.6) is 5.75 Å². The number of aromatic hydroxyl groups is 1. The molecule has 18 heavy (non-hydrogen) atoms. The topological polar surface area (TPSA) is 38.0 Å². The van der Waals surface area contributed by atoms with Crippen LogP contribution in [0.25, 0.3) is 16.8 Å². The van der Waals surface area contributed by atoms with Crippen molar-refractivity contribution < 1.29 is 5.11 Å². The molecule has 0 fully saturated rings. The molecule has 3 nitrogen and oxygen atoms in total. The van der Waals surface area contributed by atoms with Crippen LogP contribution < -0.4 is 0 Å². The monoisotopic (exact) mass is 236 g/mol. The van der Waals surface area contributed by atoms with Crippen molar-refractivity contribution in [3.05, 3.63) is 67.0 Å². The van der Waals surface area contributed by atoms with Crippen molar-refractivity contribution in [1.82, 2.24) is 9.78 Å². The van der Waals surface area contributed by atoms with Crippen molar-refractivity contribution in [2.45, 2.75) is 0 Å². The van der Waals surface area contributed by atoms with Crippen LogP contribution in [0, 0.1) is 0 Å². The number of hydrogen-bond acceptors (Lipinski definition) is 2. The lowest BCUT2D eigenvalue weighted by Crippen LogP contribution is -1.93. The molecular weight excluding hydrogens is 224 g/mol. The minimum absolute atomic E-state index is 0.222. The molecule has 0 aliphatic heterocycles. The number of aromatic nitrogens is 2. The minimum atomic E-state index is 0.222. The summed E-state index contributed by atoms with van der Waals surface area (Å²) in [5.74, 6) is 0.222. The Bertz CT molecular complexity index is 659. The van der Waals surface area contributed by atoms with Gasteiger partial charge in [0.05, 0.1) is 6.20 Å². The van der Waals surface area contributed by atoms with Gasteiger partial charge in [0, 0.05) is 11.8 Å². The van der Waals surface area contributed by atoms with Crippen LogP contribution in [0.3, 0.4) is 0 Å². The highest BCUT2D eigenvalue weighted by atomic mass is 16.3. The van der Waals surface area contributed by atoms with Gasteiger partial charge in [0.15, 0.2) is 0 Å². The molecule has 0 amide bonds. The molecule has 3 rings (SSSR count). The molecule has 3 aromatic rings. The zero-order chi connectivity index (χ0) is 12.4. The Morgan fingerprint density at radius 1 is 0.833 bits per heavy atom. The quantitative estimate of drug-likeness (QED) is 0.741. The fourth-order valence-corrected chi connectivity index (χ4v) is 1.89. The van der Waals surface area contributed by atoms with Gasteiger partial charge in [0.1, 0.15) is 11.4 Å². The summed E-state index contributed by atoms with van der Waals surface area (Å²) in [4.78, 5) is 0. The first-order valence-corrected chi connectivity index (χ1v) is 5.73. The first-order chi connectivity index (χ1) is 8.84. The van der Waals surface area contributed by atoms with E-state index in [-0.39, 0.29) is 5.75 Å². The maximum atomic E-state index is 9.78. The Balaban J connectivity index is 2.03. The summed E-state index contributed by atoms with van der Waals surface area (Å²) >= 11 is 0. The minimum Gasteiger partial charge on any atom is -0.506 e. The molecule has 0 radical (unpaired) electrons. The third-order valence-electron chi connectivity index (χ3n) is 2.82. The number of phenols is 1. The van der Waals surface area contributed by atoms with Crippen LogP contribution >= 0.6 is 0 Å². The highest BCUT2D eigenvalue weighted by Gasteiger charge is 2.05. The van der Waals surface area contributed by atoms with Crippen molar-refractivity contribution in [3.63, 3.8) is 0 Å². The summed E-state index contributed by atoms with van der Waals surface area (Å²) in [7, 11) is 0. The summed E-state index contributed by atoms with van der Waals surface area (Å²) in [5.41, 5.74) is 2.82. The number of rotatable bonds is 2. The van der Waals surface area contributed by atoms with Crippen molar-refractivity contribution in [1.29, 1.82) is 0 Å². The van der Waals surface area contributed by atoms with Crippen LogP contribution in [0.15, 0.2) is 67.0 Å². The van der Waals surface area contributed by atoms with Crippen LogP contribution in [0.1, 0.15) is 0 Å². The van der Waals surface area contributed by atoms with E-state index in [4.69, 9.17) is 0 Å². The fourth-order valence-electron chi connectivity index (χ4n) is 1.89. The maximum Gasteiger partial charge on any atom is 0.141 e. The van der Waals surface area contributed by atoms with Crippen molar-refractivity contribution >= 4 is 0 Å². The molecule has 1 N–H and O–H groups in total. The van der Waals surface area contributed by atoms with Gasteiger partial charge in [-0.3, -0.25) is 0 Å². The van der Waals surface area contributed by atoms with Gasteiger partial charge >= 0.3 is 0 Å². The summed E-state index contributed by atoms with van der Waals surface area (Å²) in [5, 5.41) is 14.1. The Morgan fingerprint density at radius 3 is 2.33 bits per heavy atom. The van der Waals surface area contributed by atoms with Crippen molar-refractivity contribution in [3.8, 4) is 22.6 Å². The third-order valence-corrected chi connectivity index (χ3v) is 2.82. The zero-order valence-corrected chi connectivity index (χ0v) is 9.69. The van der Waals surface area contributed by atoms with E-state index >= 15 is 0 Å². The Morgan fingerprint density at radius 2 is 1.56 bits per heavy atom. The van der Waals surface area contributed by atoms with Gasteiger partial charge in [-0.05, 0) is 17.7 Å². The molecule has 0 saturated carbocycles. The Labute approximate surface area is 105 Å². The Kier molecular flexibility index (Phi) is 2.57.